The molecule has 0 aliphatic heterocycles. The molecule has 0 atom stereocenters. The minimum atomic E-state index is -0.976. The molecule has 0 aliphatic carbocycles. The molecule has 0 rings (SSSR count). The topological polar surface area (TPSA) is 0 Å². The summed E-state index contributed by atoms with van der Waals surface area (Å²) in [7, 11) is 90.7. The standard InChI is InChI=1S/B29/c1-17(2)24(15)25(27(18(3)4)19(5)6)16-26(28(20(7)8)21(9)10)29(22(11)12)23(13)14. The minimum absolute atomic E-state index is 0.718. The van der Waals surface area contributed by atoms with Gasteiger partial charge in [0, 0.05) is 206 Å². The van der Waals surface area contributed by atoms with E-state index in [1.54, 1.807) is 7.06 Å². The van der Waals surface area contributed by atoms with Crippen molar-refractivity contribution in [2.75, 3.05) is 0 Å². The van der Waals surface area contributed by atoms with Crippen molar-refractivity contribution in [1.29, 1.82) is 0 Å². The van der Waals surface area contributed by atoms with Crippen molar-refractivity contribution in [2.45, 2.75) is 0 Å². The molecule has 31 radical (unpaired) electrons. The lowest BCUT2D eigenvalue weighted by molar-refractivity contribution is 3.32. The summed E-state index contributed by atoms with van der Waals surface area (Å²) in [6.07, 6.45) is -11.3. The molecule has 87 valence electrons. The Morgan fingerprint density at radius 2 is 0.552 bits per heavy atom. The maximum absolute atomic E-state index is 6.24. The molecule has 0 N–H and O–H groups in total. The van der Waals surface area contributed by atoms with Crippen molar-refractivity contribution >= 4 is 206 Å². The van der Waals surface area contributed by atoms with Gasteiger partial charge in [0.05, 0.1) is 0 Å². The molecule has 0 heterocycles. The number of hydrogen-bond donors (Lipinski definition) is 0. The van der Waals surface area contributed by atoms with Crippen LogP contribution < -0.4 is 0 Å². The van der Waals surface area contributed by atoms with Crippen LogP contribution in [-0.2, 0) is 0 Å². The van der Waals surface area contributed by atoms with Crippen molar-refractivity contribution in [3.05, 3.63) is 0 Å². The second-order valence-electron chi connectivity index (χ2n) is 7.70. The van der Waals surface area contributed by atoms with Gasteiger partial charge in [-0.2, -0.15) is 0 Å². The summed E-state index contributed by atoms with van der Waals surface area (Å²) >= 11 is 0. The van der Waals surface area contributed by atoms with Gasteiger partial charge in [0.15, 0.2) is 0 Å². The molecule has 0 bridgehead atoms. The van der Waals surface area contributed by atoms with Gasteiger partial charge in [-0.3, -0.25) is 0 Å². The Morgan fingerprint density at radius 1 is 0.310 bits per heavy atom. The van der Waals surface area contributed by atoms with E-state index in [-0.39, 0.29) is 0 Å². The van der Waals surface area contributed by atoms with E-state index < -0.39 is 83.0 Å². The highest BCUT2D eigenvalue weighted by molar-refractivity contribution is 8.21. The molecule has 0 fully saturated rings. The van der Waals surface area contributed by atoms with E-state index in [0.717, 1.165) is 0 Å². The summed E-state index contributed by atoms with van der Waals surface area (Å²) in [6, 6.07) is 0. The lowest BCUT2D eigenvalue weighted by Crippen LogP contribution is -2.81. The van der Waals surface area contributed by atoms with Crippen LogP contribution >= 0.6 is 0 Å². The Hall–Kier alpha value is 1.88. The molecule has 0 saturated heterocycles. The van der Waals surface area contributed by atoms with Gasteiger partial charge in [0.2, 0.25) is 0 Å². The fraction of sp³-hybridized carbons (Fsp3) is 0. The summed E-state index contributed by atoms with van der Waals surface area (Å²) < 4.78 is 0. The Kier molecular flexibility index (Phi) is 15.1. The van der Waals surface area contributed by atoms with Crippen molar-refractivity contribution < 1.29 is 0 Å². The van der Waals surface area contributed by atoms with Gasteiger partial charge in [-0.05, 0) is 0 Å². The highest BCUT2D eigenvalue weighted by Gasteiger charge is 2.45. The molecule has 0 aromatic carbocycles. The predicted molar refractivity (Wildman–Crippen MR) is 167 cm³/mol. The van der Waals surface area contributed by atoms with Crippen LogP contribution in [0.25, 0.3) is 0 Å². The van der Waals surface area contributed by atoms with Gasteiger partial charge in [-0.1, -0.05) is 0 Å². The third-order valence-electron chi connectivity index (χ3n) is 5.33. The first-order valence-corrected chi connectivity index (χ1v) is 9.33. The Labute approximate surface area is 205 Å². The second-order valence-corrected chi connectivity index (χ2v) is 7.70. The lowest BCUT2D eigenvalue weighted by atomic mass is 8.38. The third-order valence-corrected chi connectivity index (χ3v) is 5.33. The van der Waals surface area contributed by atoms with Gasteiger partial charge in [-0.25, -0.2) is 0 Å². The van der Waals surface area contributed by atoms with Crippen LogP contribution in [0.3, 0.4) is 0 Å². The highest BCUT2D eigenvalue weighted by atomic mass is 13.3. The molecule has 0 spiro atoms. The monoisotopic (exact) mass is 319 g/mol. The largest absolute Gasteiger partial charge is 0 e. The van der Waals surface area contributed by atoms with Crippen LogP contribution in [0.2, 0.25) is 0 Å². The number of hydrogen-bond acceptors (Lipinski definition) is 0. The molecule has 0 saturated carbocycles. The van der Waals surface area contributed by atoms with Gasteiger partial charge < -0.3 is 0 Å². The zero-order chi connectivity index (χ0) is 23.2. The first-order chi connectivity index (χ1) is 13.1. The summed E-state index contributed by atoms with van der Waals surface area (Å²) in [5, 5.41) is 0. The van der Waals surface area contributed by atoms with Gasteiger partial charge >= 0.3 is 0 Å². The first-order valence-electron chi connectivity index (χ1n) is 9.33. The van der Waals surface area contributed by atoms with Crippen molar-refractivity contribution in [3.63, 3.8) is 0 Å². The molecule has 0 unspecified atom stereocenters. The van der Waals surface area contributed by atoms with Crippen LogP contribution in [0.15, 0.2) is 0 Å². The van der Waals surface area contributed by atoms with E-state index in [1.807, 2.05) is 0 Å². The molecule has 0 aromatic rings. The third kappa shape index (κ3) is 9.34. The van der Waals surface area contributed by atoms with E-state index in [9.17, 15) is 0 Å². The van der Waals surface area contributed by atoms with E-state index in [0.29, 0.717) is 0 Å². The molecule has 29 heteroatoms. The molecule has 0 amide bonds. The normalized spacial score (nSPS) is 9.38. The Morgan fingerprint density at radius 3 is 0.759 bits per heavy atom. The molecule has 29 heavy (non-hydrogen) atoms. The number of rotatable bonds is 13. The van der Waals surface area contributed by atoms with E-state index in [4.69, 9.17) is 116 Å². The molecular formula is B29. The van der Waals surface area contributed by atoms with E-state index in [1.165, 1.54) is 0 Å². The molecule has 0 aromatic heterocycles. The lowest BCUT2D eigenvalue weighted by Gasteiger charge is -2.43. The zero-order valence-electron chi connectivity index (χ0n) is 16.7. The average Bonchev–Trinajstić information content (AvgIpc) is 2.50. The smallest absolute Gasteiger partial charge is 0 e. The Balaban J connectivity index is 6.41. The van der Waals surface area contributed by atoms with Crippen LogP contribution in [-0.4, -0.2) is 206 Å². The summed E-state index contributed by atoms with van der Waals surface area (Å²) in [4.78, 5) is 0. The first kappa shape index (κ1) is 30.9. The van der Waals surface area contributed by atoms with Crippen LogP contribution in [0.5, 0.6) is 0 Å². The maximum Gasteiger partial charge on any atom is 0 e. The Bertz CT molecular complexity index is 368. The highest BCUT2D eigenvalue weighted by Crippen LogP contribution is 2.07. The van der Waals surface area contributed by atoms with Gasteiger partial charge in [-0.15, -0.1) is 0 Å². The van der Waals surface area contributed by atoms with Crippen LogP contribution in [0.1, 0.15) is 0 Å². The predicted octanol–water partition coefficient (Wildman–Crippen LogP) is -11.0. The average molecular weight is 314 g/mol. The van der Waals surface area contributed by atoms with E-state index >= 15 is 0 Å². The van der Waals surface area contributed by atoms with Crippen LogP contribution in [0, 0.1) is 0 Å². The fourth-order valence-electron chi connectivity index (χ4n) is 3.85. The van der Waals surface area contributed by atoms with Gasteiger partial charge in [0.1, 0.15) is 0 Å². The SMILES string of the molecule is [B]B([B])B([B])B([B]B(B(B([B])[B])B([B])[B])B(B([B])[B])B([B])[B])B(B([B])[B])B([B])[B]. The summed E-state index contributed by atoms with van der Waals surface area (Å²) in [5.41, 5.74) is 0. The maximum atomic E-state index is 6.24. The molecular weight excluding hydrogens is 314 g/mol. The summed E-state index contributed by atoms with van der Waals surface area (Å²) in [5.74, 6) is 0. The fourth-order valence-corrected chi connectivity index (χ4v) is 3.85. The quantitative estimate of drug-likeness (QED) is 0.296. The van der Waals surface area contributed by atoms with Crippen molar-refractivity contribution in [3.8, 4) is 0 Å². The zero-order valence-corrected chi connectivity index (χ0v) is 16.7. The van der Waals surface area contributed by atoms with E-state index in [2.05, 4.69) is 0 Å². The molecule has 0 nitrogen and oxygen atoms in total. The minimum Gasteiger partial charge on any atom is 0 e. The van der Waals surface area contributed by atoms with Crippen molar-refractivity contribution in [2.24, 2.45) is 0 Å². The second kappa shape index (κ2) is 14.2. The summed E-state index contributed by atoms with van der Waals surface area (Å²) in [6.45, 7) is 0. The van der Waals surface area contributed by atoms with Crippen molar-refractivity contribution in [1.82, 2.24) is 0 Å². The van der Waals surface area contributed by atoms with Gasteiger partial charge in [0.25, 0.3) is 0 Å². The molecule has 0 aliphatic rings. The van der Waals surface area contributed by atoms with Crippen LogP contribution in [0.4, 0.5) is 0 Å².